The lowest BCUT2D eigenvalue weighted by atomic mass is 10.1. The van der Waals surface area contributed by atoms with E-state index in [1.807, 2.05) is 30.0 Å². The molecule has 0 N–H and O–H groups in total. The molecular formula is C24H27ClN2O5. The quantitative estimate of drug-likeness (QED) is 0.588. The zero-order valence-corrected chi connectivity index (χ0v) is 19.1. The Morgan fingerprint density at radius 3 is 2.66 bits per heavy atom. The summed E-state index contributed by atoms with van der Waals surface area (Å²) in [5, 5.41) is 0.454. The first-order valence-electron chi connectivity index (χ1n) is 10.7. The van der Waals surface area contributed by atoms with Crippen molar-refractivity contribution in [2.75, 3.05) is 46.7 Å². The number of rotatable bonds is 7. The van der Waals surface area contributed by atoms with Gasteiger partial charge in [-0.2, -0.15) is 0 Å². The minimum atomic E-state index is -0.0169. The van der Waals surface area contributed by atoms with Crippen molar-refractivity contribution >= 4 is 23.6 Å². The number of hydrogen-bond acceptors (Lipinski definition) is 6. The second kappa shape index (κ2) is 10.1. The molecule has 2 heterocycles. The normalized spacial score (nSPS) is 15.9. The zero-order valence-electron chi connectivity index (χ0n) is 18.3. The smallest absolute Gasteiger partial charge is 0.246 e. The van der Waals surface area contributed by atoms with E-state index in [0.717, 1.165) is 36.7 Å². The van der Waals surface area contributed by atoms with E-state index in [1.54, 1.807) is 25.3 Å². The predicted molar refractivity (Wildman–Crippen MR) is 123 cm³/mol. The number of ether oxygens (including phenoxy) is 4. The van der Waals surface area contributed by atoms with Crippen LogP contribution in [0.2, 0.25) is 5.02 Å². The first kappa shape index (κ1) is 22.3. The van der Waals surface area contributed by atoms with E-state index in [1.165, 1.54) is 5.56 Å². The monoisotopic (exact) mass is 458 g/mol. The van der Waals surface area contributed by atoms with E-state index in [2.05, 4.69) is 11.0 Å². The molecule has 0 unspecified atom stereocenters. The molecule has 1 fully saturated rings. The van der Waals surface area contributed by atoms with Crippen LogP contribution in [-0.2, 0) is 11.3 Å². The van der Waals surface area contributed by atoms with Gasteiger partial charge in [-0.3, -0.25) is 9.69 Å². The van der Waals surface area contributed by atoms with Crippen LogP contribution in [0.5, 0.6) is 23.0 Å². The van der Waals surface area contributed by atoms with Crippen molar-refractivity contribution in [3.63, 3.8) is 0 Å². The van der Waals surface area contributed by atoms with Gasteiger partial charge in [0.2, 0.25) is 12.7 Å². The number of hydrogen-bond donors (Lipinski definition) is 0. The number of halogens is 1. The van der Waals surface area contributed by atoms with Gasteiger partial charge in [0, 0.05) is 38.8 Å². The van der Waals surface area contributed by atoms with Crippen molar-refractivity contribution in [2.24, 2.45) is 0 Å². The van der Waals surface area contributed by atoms with E-state index >= 15 is 0 Å². The van der Waals surface area contributed by atoms with Crippen molar-refractivity contribution in [1.29, 1.82) is 0 Å². The molecule has 0 radical (unpaired) electrons. The van der Waals surface area contributed by atoms with Crippen LogP contribution in [0.3, 0.4) is 0 Å². The maximum absolute atomic E-state index is 12.7. The summed E-state index contributed by atoms with van der Waals surface area (Å²) in [6, 6.07) is 9.61. The average Bonchev–Trinajstić information content (AvgIpc) is 3.27. The summed E-state index contributed by atoms with van der Waals surface area (Å²) in [7, 11) is 1.57. The van der Waals surface area contributed by atoms with Crippen molar-refractivity contribution in [3.8, 4) is 23.0 Å². The molecule has 2 aromatic carbocycles. The highest BCUT2D eigenvalue weighted by molar-refractivity contribution is 6.32. The molecule has 32 heavy (non-hydrogen) atoms. The van der Waals surface area contributed by atoms with Crippen LogP contribution in [0.1, 0.15) is 18.1 Å². The lowest BCUT2D eigenvalue weighted by Crippen LogP contribution is -2.47. The number of fused-ring (bicyclic) bond motifs is 1. The predicted octanol–water partition coefficient (Wildman–Crippen LogP) is 3.83. The Labute approximate surface area is 193 Å². The first-order chi connectivity index (χ1) is 15.6. The number of nitrogens with zero attached hydrogens (tertiary/aromatic N) is 2. The van der Waals surface area contributed by atoms with Crippen molar-refractivity contribution in [1.82, 2.24) is 9.80 Å². The van der Waals surface area contributed by atoms with Crippen molar-refractivity contribution in [2.45, 2.75) is 13.5 Å². The van der Waals surface area contributed by atoms with Crippen LogP contribution in [-0.4, -0.2) is 62.4 Å². The Hall–Kier alpha value is -2.90. The summed E-state index contributed by atoms with van der Waals surface area (Å²) in [6.45, 7) is 6.47. The van der Waals surface area contributed by atoms with Crippen LogP contribution in [0, 0.1) is 0 Å². The van der Waals surface area contributed by atoms with Gasteiger partial charge in [-0.25, -0.2) is 0 Å². The van der Waals surface area contributed by atoms with Gasteiger partial charge in [0.1, 0.15) is 0 Å². The number of carbonyl (C=O) groups is 1. The number of benzene rings is 2. The van der Waals surface area contributed by atoms with Crippen LogP contribution in [0.25, 0.3) is 6.08 Å². The molecule has 2 aromatic rings. The van der Waals surface area contributed by atoms with Crippen LogP contribution in [0.15, 0.2) is 36.4 Å². The Bertz CT molecular complexity index is 1000. The van der Waals surface area contributed by atoms with E-state index in [0.29, 0.717) is 36.2 Å². The molecule has 2 aliphatic rings. The minimum absolute atomic E-state index is 0.0169. The number of methoxy groups -OCH3 is 1. The topological polar surface area (TPSA) is 60.5 Å². The lowest BCUT2D eigenvalue weighted by molar-refractivity contribution is -0.127. The Balaban J connectivity index is 1.31. The fraction of sp³-hybridized carbons (Fsp3) is 0.375. The third-order valence-corrected chi connectivity index (χ3v) is 5.77. The Kier molecular flexibility index (Phi) is 7.07. The van der Waals surface area contributed by atoms with Gasteiger partial charge in [0.05, 0.1) is 18.7 Å². The largest absolute Gasteiger partial charge is 0.493 e. The van der Waals surface area contributed by atoms with E-state index < -0.39 is 0 Å². The third-order valence-electron chi connectivity index (χ3n) is 5.49. The Morgan fingerprint density at radius 1 is 1.12 bits per heavy atom. The fourth-order valence-electron chi connectivity index (χ4n) is 3.82. The fourth-order valence-corrected chi connectivity index (χ4v) is 4.09. The standard InChI is InChI=1S/C24H27ClN2O5/c1-3-30-24-19(25)12-17(13-22(24)29-2)5-7-23(28)27-10-8-26(9-11-27)15-18-4-6-20-21(14-18)32-16-31-20/h4-7,12-14H,3,8-11,15-16H2,1-2H3/b7-5+. The highest BCUT2D eigenvalue weighted by Crippen LogP contribution is 2.37. The average molecular weight is 459 g/mol. The van der Waals surface area contributed by atoms with Crippen LogP contribution >= 0.6 is 11.6 Å². The van der Waals surface area contributed by atoms with Gasteiger partial charge in [-0.1, -0.05) is 17.7 Å². The molecule has 0 atom stereocenters. The second-order valence-electron chi connectivity index (χ2n) is 7.59. The summed E-state index contributed by atoms with van der Waals surface area (Å²) in [4.78, 5) is 16.9. The molecule has 170 valence electrons. The molecule has 0 aliphatic carbocycles. The summed E-state index contributed by atoms with van der Waals surface area (Å²) in [6.07, 6.45) is 3.34. The molecule has 8 heteroatoms. The van der Waals surface area contributed by atoms with Crippen molar-refractivity contribution in [3.05, 3.63) is 52.6 Å². The van der Waals surface area contributed by atoms with Gasteiger partial charge in [0.15, 0.2) is 23.0 Å². The molecule has 4 rings (SSSR count). The molecule has 0 saturated carbocycles. The third kappa shape index (κ3) is 5.11. The highest BCUT2D eigenvalue weighted by Gasteiger charge is 2.21. The molecule has 2 aliphatic heterocycles. The first-order valence-corrected chi connectivity index (χ1v) is 11.0. The van der Waals surface area contributed by atoms with Gasteiger partial charge in [-0.05, 0) is 48.4 Å². The zero-order chi connectivity index (χ0) is 22.5. The summed E-state index contributed by atoms with van der Waals surface area (Å²) < 4.78 is 21.7. The molecule has 1 amide bonds. The number of amides is 1. The van der Waals surface area contributed by atoms with Crippen molar-refractivity contribution < 1.29 is 23.7 Å². The SMILES string of the molecule is CCOc1c(Cl)cc(/C=C/C(=O)N2CCN(Cc3ccc4c(c3)OCO4)CC2)cc1OC. The number of carbonyl (C=O) groups excluding carboxylic acids is 1. The maximum atomic E-state index is 12.7. The molecule has 0 aromatic heterocycles. The molecular weight excluding hydrogens is 432 g/mol. The van der Waals surface area contributed by atoms with Crippen LogP contribution in [0.4, 0.5) is 0 Å². The van der Waals surface area contributed by atoms with Gasteiger partial charge in [-0.15, -0.1) is 0 Å². The van der Waals surface area contributed by atoms with E-state index in [9.17, 15) is 4.79 Å². The summed E-state index contributed by atoms with van der Waals surface area (Å²) in [5.74, 6) is 2.63. The molecule has 0 bridgehead atoms. The second-order valence-corrected chi connectivity index (χ2v) is 8.00. The van der Waals surface area contributed by atoms with E-state index in [-0.39, 0.29) is 12.7 Å². The van der Waals surface area contributed by atoms with Gasteiger partial charge in [0.25, 0.3) is 0 Å². The van der Waals surface area contributed by atoms with E-state index in [4.69, 9.17) is 30.5 Å². The maximum Gasteiger partial charge on any atom is 0.246 e. The lowest BCUT2D eigenvalue weighted by Gasteiger charge is -2.34. The minimum Gasteiger partial charge on any atom is -0.493 e. The van der Waals surface area contributed by atoms with Gasteiger partial charge >= 0.3 is 0 Å². The molecule has 0 spiro atoms. The molecule has 7 nitrogen and oxygen atoms in total. The highest BCUT2D eigenvalue weighted by atomic mass is 35.5. The summed E-state index contributed by atoms with van der Waals surface area (Å²) >= 11 is 6.32. The van der Waals surface area contributed by atoms with Crippen LogP contribution < -0.4 is 18.9 Å². The number of piperazine rings is 1. The molecule has 1 saturated heterocycles. The van der Waals surface area contributed by atoms with Gasteiger partial charge < -0.3 is 23.8 Å². The summed E-state index contributed by atoms with van der Waals surface area (Å²) in [5.41, 5.74) is 1.96. The Morgan fingerprint density at radius 2 is 1.91 bits per heavy atom.